The fourth-order valence-corrected chi connectivity index (χ4v) is 3.16. The maximum atomic E-state index is 12.1. The van der Waals surface area contributed by atoms with Gasteiger partial charge in [-0.15, -0.1) is 0 Å². The fourth-order valence-electron chi connectivity index (χ4n) is 1.38. The van der Waals surface area contributed by atoms with E-state index in [0.717, 1.165) is 10.8 Å². The molecule has 0 unspecified atom stereocenters. The monoisotopic (exact) mass is 310 g/mol. The van der Waals surface area contributed by atoms with Gasteiger partial charge < -0.3 is 5.32 Å². The second-order valence-electron chi connectivity index (χ2n) is 3.91. The van der Waals surface area contributed by atoms with Crippen LogP contribution >= 0.6 is 23.2 Å². The molecular weight excluding hydrogens is 295 g/mol. The van der Waals surface area contributed by atoms with E-state index >= 15 is 0 Å². The van der Waals surface area contributed by atoms with E-state index in [0.29, 0.717) is 17.1 Å². The standard InChI is InChI=1S/C11H16Cl2N2O2S/c1-4-14-7-8-9(12)5-6-10(11(8)13)18(16,17)15(2)3/h5-6,14H,4,7H2,1-3H3. The lowest BCUT2D eigenvalue weighted by Gasteiger charge is -2.16. The highest BCUT2D eigenvalue weighted by Gasteiger charge is 2.23. The van der Waals surface area contributed by atoms with Gasteiger partial charge in [-0.3, -0.25) is 0 Å². The molecule has 0 fully saturated rings. The summed E-state index contributed by atoms with van der Waals surface area (Å²) < 4.78 is 25.3. The molecule has 0 amide bonds. The second kappa shape index (κ2) is 6.21. The molecule has 1 aromatic rings. The summed E-state index contributed by atoms with van der Waals surface area (Å²) in [6.07, 6.45) is 0. The number of rotatable bonds is 5. The minimum atomic E-state index is -3.56. The van der Waals surface area contributed by atoms with Gasteiger partial charge in [-0.25, -0.2) is 12.7 Å². The third kappa shape index (κ3) is 3.16. The Hall–Kier alpha value is -0.330. The zero-order chi connectivity index (χ0) is 13.9. The molecule has 4 nitrogen and oxygen atoms in total. The highest BCUT2D eigenvalue weighted by atomic mass is 35.5. The molecule has 18 heavy (non-hydrogen) atoms. The number of halogens is 2. The molecule has 0 aromatic heterocycles. The van der Waals surface area contributed by atoms with Crippen LogP contribution in [0.5, 0.6) is 0 Å². The van der Waals surface area contributed by atoms with Crippen molar-refractivity contribution >= 4 is 33.2 Å². The lowest BCUT2D eigenvalue weighted by atomic mass is 10.2. The fraction of sp³-hybridized carbons (Fsp3) is 0.455. The molecule has 0 aliphatic heterocycles. The van der Waals surface area contributed by atoms with Gasteiger partial charge in [-0.05, 0) is 18.7 Å². The molecule has 1 rings (SSSR count). The minimum Gasteiger partial charge on any atom is -0.313 e. The van der Waals surface area contributed by atoms with Crippen molar-refractivity contribution in [1.29, 1.82) is 0 Å². The van der Waals surface area contributed by atoms with Gasteiger partial charge in [0.15, 0.2) is 0 Å². The quantitative estimate of drug-likeness (QED) is 0.908. The van der Waals surface area contributed by atoms with Gasteiger partial charge in [0.05, 0.1) is 5.02 Å². The maximum absolute atomic E-state index is 12.1. The Bertz CT molecular complexity index is 530. The van der Waals surface area contributed by atoms with Crippen LogP contribution in [0, 0.1) is 0 Å². The molecule has 0 aliphatic rings. The number of nitrogens with zero attached hydrogens (tertiary/aromatic N) is 1. The smallest absolute Gasteiger partial charge is 0.244 e. The number of benzene rings is 1. The van der Waals surface area contributed by atoms with Crippen molar-refractivity contribution in [3.63, 3.8) is 0 Å². The topological polar surface area (TPSA) is 49.4 Å². The Balaban J connectivity index is 3.33. The Kier molecular flexibility index (Phi) is 5.43. The largest absolute Gasteiger partial charge is 0.313 e. The molecule has 1 aromatic carbocycles. The van der Waals surface area contributed by atoms with Crippen molar-refractivity contribution in [3.8, 4) is 0 Å². The third-order valence-electron chi connectivity index (χ3n) is 2.46. The SMILES string of the molecule is CCNCc1c(Cl)ccc(S(=O)(=O)N(C)C)c1Cl. The van der Waals surface area contributed by atoms with Crippen LogP contribution in [0.25, 0.3) is 0 Å². The molecule has 102 valence electrons. The first-order valence-corrected chi connectivity index (χ1v) is 7.62. The molecule has 7 heteroatoms. The molecular formula is C11H16Cl2N2O2S. The average Bonchev–Trinajstić information content (AvgIpc) is 2.28. The first-order chi connectivity index (χ1) is 8.32. The Morgan fingerprint density at radius 3 is 2.39 bits per heavy atom. The highest BCUT2D eigenvalue weighted by Crippen LogP contribution is 2.32. The minimum absolute atomic E-state index is 0.0754. The van der Waals surface area contributed by atoms with E-state index in [-0.39, 0.29) is 9.92 Å². The number of sulfonamides is 1. The van der Waals surface area contributed by atoms with Crippen LogP contribution in [0.2, 0.25) is 10.0 Å². The predicted octanol–water partition coefficient (Wildman–Crippen LogP) is 2.35. The van der Waals surface area contributed by atoms with Crippen molar-refractivity contribution in [1.82, 2.24) is 9.62 Å². The molecule has 0 heterocycles. The second-order valence-corrected chi connectivity index (χ2v) is 6.81. The zero-order valence-electron chi connectivity index (χ0n) is 10.5. The van der Waals surface area contributed by atoms with Gasteiger partial charge in [-0.2, -0.15) is 0 Å². The van der Waals surface area contributed by atoms with E-state index in [9.17, 15) is 8.42 Å². The van der Waals surface area contributed by atoms with E-state index in [1.54, 1.807) is 6.07 Å². The van der Waals surface area contributed by atoms with Gasteiger partial charge in [0.1, 0.15) is 4.90 Å². The van der Waals surface area contributed by atoms with Crippen LogP contribution in [-0.4, -0.2) is 33.4 Å². The summed E-state index contributed by atoms with van der Waals surface area (Å²) in [6.45, 7) is 3.13. The first kappa shape index (κ1) is 15.7. The van der Waals surface area contributed by atoms with Gasteiger partial charge in [-0.1, -0.05) is 30.1 Å². The molecule has 0 aliphatic carbocycles. The highest BCUT2D eigenvalue weighted by molar-refractivity contribution is 7.89. The lowest BCUT2D eigenvalue weighted by Crippen LogP contribution is -2.23. The number of nitrogens with one attached hydrogen (secondary N) is 1. The molecule has 0 saturated carbocycles. The van der Waals surface area contributed by atoms with Crippen LogP contribution in [0.3, 0.4) is 0 Å². The Labute approximate surface area is 118 Å². The summed E-state index contributed by atoms with van der Waals surface area (Å²) >= 11 is 12.2. The van der Waals surface area contributed by atoms with Gasteiger partial charge in [0.25, 0.3) is 0 Å². The summed E-state index contributed by atoms with van der Waals surface area (Å²) in [5, 5.41) is 3.71. The van der Waals surface area contributed by atoms with Crippen molar-refractivity contribution < 1.29 is 8.42 Å². The third-order valence-corrected chi connectivity index (χ3v) is 5.22. The van der Waals surface area contributed by atoms with E-state index in [1.165, 1.54) is 20.2 Å². The van der Waals surface area contributed by atoms with Crippen LogP contribution in [0.1, 0.15) is 12.5 Å². The molecule has 0 saturated heterocycles. The van der Waals surface area contributed by atoms with E-state index in [2.05, 4.69) is 5.32 Å². The molecule has 1 N–H and O–H groups in total. The Morgan fingerprint density at radius 2 is 1.89 bits per heavy atom. The summed E-state index contributed by atoms with van der Waals surface area (Å²) in [7, 11) is -0.632. The summed E-state index contributed by atoms with van der Waals surface area (Å²) in [5.41, 5.74) is 0.600. The number of hydrogen-bond donors (Lipinski definition) is 1. The molecule has 0 bridgehead atoms. The maximum Gasteiger partial charge on any atom is 0.244 e. The van der Waals surface area contributed by atoms with Crippen molar-refractivity contribution in [2.45, 2.75) is 18.4 Å². The van der Waals surface area contributed by atoms with Crippen LogP contribution in [0.4, 0.5) is 0 Å². The normalized spacial score (nSPS) is 12.1. The van der Waals surface area contributed by atoms with Crippen LogP contribution in [-0.2, 0) is 16.6 Å². The summed E-state index contributed by atoms with van der Waals surface area (Å²) in [5.74, 6) is 0. The predicted molar refractivity (Wildman–Crippen MR) is 74.7 cm³/mol. The van der Waals surface area contributed by atoms with Crippen LogP contribution < -0.4 is 5.32 Å². The van der Waals surface area contributed by atoms with Gasteiger partial charge >= 0.3 is 0 Å². The summed E-state index contributed by atoms with van der Waals surface area (Å²) in [4.78, 5) is 0.0754. The van der Waals surface area contributed by atoms with E-state index < -0.39 is 10.0 Å². The van der Waals surface area contributed by atoms with Gasteiger partial charge in [0.2, 0.25) is 10.0 Å². The molecule has 0 spiro atoms. The lowest BCUT2D eigenvalue weighted by molar-refractivity contribution is 0.520. The van der Waals surface area contributed by atoms with Crippen molar-refractivity contribution in [2.24, 2.45) is 0 Å². The van der Waals surface area contributed by atoms with Crippen molar-refractivity contribution in [3.05, 3.63) is 27.7 Å². The van der Waals surface area contributed by atoms with Crippen molar-refractivity contribution in [2.75, 3.05) is 20.6 Å². The first-order valence-electron chi connectivity index (χ1n) is 5.42. The average molecular weight is 311 g/mol. The zero-order valence-corrected chi connectivity index (χ0v) is 12.8. The number of hydrogen-bond acceptors (Lipinski definition) is 3. The van der Waals surface area contributed by atoms with Gasteiger partial charge in [0, 0.05) is 31.2 Å². The van der Waals surface area contributed by atoms with Crippen LogP contribution in [0.15, 0.2) is 17.0 Å². The summed E-state index contributed by atoms with van der Waals surface area (Å²) in [6, 6.07) is 2.98. The Morgan fingerprint density at radius 1 is 1.28 bits per heavy atom. The molecule has 0 atom stereocenters. The van der Waals surface area contributed by atoms with E-state index in [1.807, 2.05) is 6.92 Å². The van der Waals surface area contributed by atoms with E-state index in [4.69, 9.17) is 23.2 Å². The molecule has 0 radical (unpaired) electrons.